The topological polar surface area (TPSA) is 104 Å². The zero-order valence-electron chi connectivity index (χ0n) is 10.6. The predicted molar refractivity (Wildman–Crippen MR) is 68.4 cm³/mol. The van der Waals surface area contributed by atoms with Crippen molar-refractivity contribution in [2.45, 2.75) is 20.3 Å². The second kappa shape index (κ2) is 5.99. The molecule has 0 aliphatic rings. The Labute approximate surface area is 110 Å². The fourth-order valence-corrected chi connectivity index (χ4v) is 1.40. The number of hydrogen-bond acceptors (Lipinski definition) is 3. The van der Waals surface area contributed by atoms with Crippen LogP contribution in [0.1, 0.15) is 41.0 Å². The SMILES string of the molecule is CC[C@H](C)C(=O)Nc1cc(C(=O)O)cc(C(=O)O)c1. The average molecular weight is 265 g/mol. The van der Waals surface area contributed by atoms with E-state index < -0.39 is 11.9 Å². The van der Waals surface area contributed by atoms with Gasteiger partial charge >= 0.3 is 11.9 Å². The van der Waals surface area contributed by atoms with Gasteiger partial charge in [-0.25, -0.2) is 9.59 Å². The van der Waals surface area contributed by atoms with E-state index in [0.29, 0.717) is 6.42 Å². The molecule has 102 valence electrons. The van der Waals surface area contributed by atoms with Crippen LogP contribution >= 0.6 is 0 Å². The minimum absolute atomic E-state index is 0.169. The van der Waals surface area contributed by atoms with Crippen LogP contribution in [0.15, 0.2) is 18.2 Å². The van der Waals surface area contributed by atoms with E-state index in [9.17, 15) is 14.4 Å². The Kier molecular flexibility index (Phi) is 4.63. The molecule has 1 rings (SSSR count). The number of benzene rings is 1. The Morgan fingerprint density at radius 1 is 1.11 bits per heavy atom. The number of anilines is 1. The van der Waals surface area contributed by atoms with Crippen molar-refractivity contribution >= 4 is 23.5 Å². The van der Waals surface area contributed by atoms with Crippen molar-refractivity contribution in [3.05, 3.63) is 29.3 Å². The zero-order valence-corrected chi connectivity index (χ0v) is 10.6. The third-order valence-electron chi connectivity index (χ3n) is 2.75. The van der Waals surface area contributed by atoms with Crippen molar-refractivity contribution < 1.29 is 24.6 Å². The van der Waals surface area contributed by atoms with Crippen molar-refractivity contribution in [2.24, 2.45) is 5.92 Å². The van der Waals surface area contributed by atoms with E-state index in [0.717, 1.165) is 6.07 Å². The standard InChI is InChI=1S/C13H15NO5/c1-3-7(2)11(15)14-10-5-8(12(16)17)4-9(6-10)13(18)19/h4-7H,3H2,1-2H3,(H,14,15)(H,16,17)(H,18,19)/t7-/m0/s1. The van der Waals surface area contributed by atoms with Gasteiger partial charge in [0.25, 0.3) is 0 Å². The summed E-state index contributed by atoms with van der Waals surface area (Å²) in [5.74, 6) is -3.01. The monoisotopic (exact) mass is 265 g/mol. The van der Waals surface area contributed by atoms with Crippen LogP contribution in [-0.4, -0.2) is 28.1 Å². The number of aromatic carboxylic acids is 2. The molecule has 0 aliphatic heterocycles. The molecule has 0 bridgehead atoms. The van der Waals surface area contributed by atoms with Gasteiger partial charge in [0, 0.05) is 11.6 Å². The van der Waals surface area contributed by atoms with Crippen LogP contribution in [0.25, 0.3) is 0 Å². The molecule has 3 N–H and O–H groups in total. The van der Waals surface area contributed by atoms with Crippen molar-refractivity contribution in [1.82, 2.24) is 0 Å². The Morgan fingerprint density at radius 3 is 1.95 bits per heavy atom. The van der Waals surface area contributed by atoms with Crippen molar-refractivity contribution in [2.75, 3.05) is 5.32 Å². The van der Waals surface area contributed by atoms with E-state index in [1.54, 1.807) is 6.92 Å². The number of amides is 1. The summed E-state index contributed by atoms with van der Waals surface area (Å²) in [6.45, 7) is 3.58. The van der Waals surface area contributed by atoms with Gasteiger partial charge in [-0.1, -0.05) is 13.8 Å². The molecule has 19 heavy (non-hydrogen) atoms. The Balaban J connectivity index is 3.10. The molecule has 1 amide bonds. The van der Waals surface area contributed by atoms with Gasteiger partial charge in [0.05, 0.1) is 11.1 Å². The van der Waals surface area contributed by atoms with Crippen LogP contribution in [0.4, 0.5) is 5.69 Å². The molecule has 0 saturated heterocycles. The van der Waals surface area contributed by atoms with Gasteiger partial charge in [-0.15, -0.1) is 0 Å². The zero-order chi connectivity index (χ0) is 14.6. The summed E-state index contributed by atoms with van der Waals surface area (Å²) < 4.78 is 0. The molecule has 0 unspecified atom stereocenters. The van der Waals surface area contributed by atoms with Gasteiger partial charge in [0.1, 0.15) is 0 Å². The van der Waals surface area contributed by atoms with Crippen molar-refractivity contribution in [3.63, 3.8) is 0 Å². The second-order valence-corrected chi connectivity index (χ2v) is 4.21. The lowest BCUT2D eigenvalue weighted by Gasteiger charge is -2.11. The summed E-state index contributed by atoms with van der Waals surface area (Å²) in [6.07, 6.45) is 0.635. The van der Waals surface area contributed by atoms with Crippen molar-refractivity contribution in [3.8, 4) is 0 Å². The van der Waals surface area contributed by atoms with Crippen molar-refractivity contribution in [1.29, 1.82) is 0 Å². The first-order valence-electron chi connectivity index (χ1n) is 5.77. The summed E-state index contributed by atoms with van der Waals surface area (Å²) in [4.78, 5) is 33.5. The predicted octanol–water partition coefficient (Wildman–Crippen LogP) is 2.07. The Morgan fingerprint density at radius 2 is 1.58 bits per heavy atom. The lowest BCUT2D eigenvalue weighted by molar-refractivity contribution is -0.119. The molecule has 0 saturated carbocycles. The van der Waals surface area contributed by atoms with Gasteiger partial charge in [0.2, 0.25) is 5.91 Å². The molecule has 1 aromatic carbocycles. The maximum absolute atomic E-state index is 11.7. The maximum Gasteiger partial charge on any atom is 0.335 e. The number of carboxylic acid groups (broad SMARTS) is 2. The third-order valence-corrected chi connectivity index (χ3v) is 2.75. The number of carbonyl (C=O) groups is 3. The summed E-state index contributed by atoms with van der Waals surface area (Å²) in [7, 11) is 0. The molecular weight excluding hydrogens is 250 g/mol. The summed E-state index contributed by atoms with van der Waals surface area (Å²) in [6, 6.07) is 3.51. The van der Waals surface area contributed by atoms with Gasteiger partial charge in [-0.3, -0.25) is 4.79 Å². The number of nitrogens with one attached hydrogen (secondary N) is 1. The first-order valence-corrected chi connectivity index (χ1v) is 5.77. The van der Waals surface area contributed by atoms with E-state index in [1.165, 1.54) is 12.1 Å². The average Bonchev–Trinajstić information content (AvgIpc) is 2.37. The molecule has 0 spiro atoms. The van der Waals surface area contributed by atoms with Gasteiger partial charge in [0.15, 0.2) is 0 Å². The van der Waals surface area contributed by atoms with Crippen LogP contribution in [0.5, 0.6) is 0 Å². The summed E-state index contributed by atoms with van der Waals surface area (Å²) >= 11 is 0. The number of hydrogen-bond donors (Lipinski definition) is 3. The first-order chi connectivity index (χ1) is 8.85. The molecule has 0 radical (unpaired) electrons. The van der Waals surface area contributed by atoms with E-state index in [-0.39, 0.29) is 28.6 Å². The largest absolute Gasteiger partial charge is 0.478 e. The fraction of sp³-hybridized carbons (Fsp3) is 0.308. The smallest absolute Gasteiger partial charge is 0.335 e. The molecule has 6 heteroatoms. The summed E-state index contributed by atoms with van der Waals surface area (Å²) in [5, 5.41) is 20.3. The minimum atomic E-state index is -1.25. The van der Waals surface area contributed by atoms with Crippen LogP contribution in [-0.2, 0) is 4.79 Å². The van der Waals surface area contributed by atoms with E-state index >= 15 is 0 Å². The third kappa shape index (κ3) is 3.80. The maximum atomic E-state index is 11.7. The van der Waals surface area contributed by atoms with Gasteiger partial charge in [-0.2, -0.15) is 0 Å². The highest BCUT2D eigenvalue weighted by atomic mass is 16.4. The molecule has 0 aliphatic carbocycles. The van der Waals surface area contributed by atoms with Crippen LogP contribution < -0.4 is 5.32 Å². The molecule has 1 atom stereocenters. The lowest BCUT2D eigenvalue weighted by atomic mass is 10.1. The number of carbonyl (C=O) groups excluding carboxylic acids is 1. The van der Waals surface area contributed by atoms with Crippen LogP contribution in [0, 0.1) is 5.92 Å². The second-order valence-electron chi connectivity index (χ2n) is 4.21. The Bertz CT molecular complexity index is 492. The van der Waals surface area contributed by atoms with Gasteiger partial charge < -0.3 is 15.5 Å². The van der Waals surface area contributed by atoms with E-state index in [1.807, 2.05) is 6.92 Å². The fourth-order valence-electron chi connectivity index (χ4n) is 1.40. The highest BCUT2D eigenvalue weighted by Gasteiger charge is 2.15. The van der Waals surface area contributed by atoms with E-state index in [2.05, 4.69) is 5.32 Å². The normalized spacial score (nSPS) is 11.7. The molecule has 1 aromatic rings. The molecule has 0 heterocycles. The van der Waals surface area contributed by atoms with Gasteiger partial charge in [-0.05, 0) is 24.6 Å². The summed E-state index contributed by atoms with van der Waals surface area (Å²) in [5.41, 5.74) is -0.193. The highest BCUT2D eigenvalue weighted by Crippen LogP contribution is 2.17. The highest BCUT2D eigenvalue weighted by molar-refractivity contribution is 5.98. The number of rotatable bonds is 5. The molecule has 0 fully saturated rings. The minimum Gasteiger partial charge on any atom is -0.478 e. The van der Waals surface area contributed by atoms with Crippen LogP contribution in [0.3, 0.4) is 0 Å². The molecule has 0 aromatic heterocycles. The molecular formula is C13H15NO5. The van der Waals surface area contributed by atoms with Crippen LogP contribution in [0.2, 0.25) is 0 Å². The first kappa shape index (κ1) is 14.7. The van der Waals surface area contributed by atoms with E-state index in [4.69, 9.17) is 10.2 Å². The number of carboxylic acids is 2. The Hall–Kier alpha value is -2.37. The molecule has 6 nitrogen and oxygen atoms in total. The lowest BCUT2D eigenvalue weighted by Crippen LogP contribution is -2.20. The quantitative estimate of drug-likeness (QED) is 0.756.